The van der Waals surface area contributed by atoms with Crippen molar-refractivity contribution in [2.75, 3.05) is 0 Å². The average molecular weight is 239 g/mol. The maximum Gasteiger partial charge on any atom is 0.271 e. The van der Waals surface area contributed by atoms with E-state index in [1.54, 1.807) is 0 Å². The average Bonchev–Trinajstić information content (AvgIpc) is 2.78. The summed E-state index contributed by atoms with van der Waals surface area (Å²) < 4.78 is 0. The molecule has 0 saturated heterocycles. The van der Waals surface area contributed by atoms with Gasteiger partial charge in [-0.25, -0.2) is 9.97 Å². The molecule has 0 bridgehead atoms. The van der Waals surface area contributed by atoms with Gasteiger partial charge < -0.3 is 5.32 Å². The lowest BCUT2D eigenvalue weighted by molar-refractivity contribution is 0.0944. The summed E-state index contributed by atoms with van der Waals surface area (Å²) in [5.41, 5.74) is 0.159. The summed E-state index contributed by atoms with van der Waals surface area (Å²) in [7, 11) is 0. The molecule has 0 aliphatic heterocycles. The minimum absolute atomic E-state index is 0.159. The summed E-state index contributed by atoms with van der Waals surface area (Å²) in [5, 5.41) is 9.04. The van der Waals surface area contributed by atoms with E-state index in [0.29, 0.717) is 5.82 Å². The van der Waals surface area contributed by atoms with Crippen LogP contribution < -0.4 is 5.32 Å². The molecular formula is C8H7ClN6O. The third-order valence-corrected chi connectivity index (χ3v) is 1.90. The molecule has 16 heavy (non-hydrogen) atoms. The van der Waals surface area contributed by atoms with Crippen LogP contribution in [0, 0.1) is 0 Å². The number of H-pyrrole nitrogens is 1. The van der Waals surface area contributed by atoms with Gasteiger partial charge in [0.1, 0.15) is 23.0 Å². The van der Waals surface area contributed by atoms with Crippen LogP contribution in [0.5, 0.6) is 0 Å². The molecule has 0 aliphatic carbocycles. The SMILES string of the molecule is O=C(NCc1ncn[nH]1)c1cncc(Cl)n1. The molecule has 2 rings (SSSR count). The van der Waals surface area contributed by atoms with Crippen molar-refractivity contribution in [2.45, 2.75) is 6.54 Å². The van der Waals surface area contributed by atoms with Crippen molar-refractivity contribution in [1.82, 2.24) is 30.5 Å². The maximum atomic E-state index is 11.6. The van der Waals surface area contributed by atoms with Crippen LogP contribution in [0.4, 0.5) is 0 Å². The summed E-state index contributed by atoms with van der Waals surface area (Å²) in [6, 6.07) is 0. The molecule has 0 fully saturated rings. The maximum absolute atomic E-state index is 11.6. The van der Waals surface area contributed by atoms with Crippen LogP contribution in [-0.2, 0) is 6.54 Å². The molecule has 0 spiro atoms. The number of amides is 1. The van der Waals surface area contributed by atoms with Gasteiger partial charge in [0.25, 0.3) is 5.91 Å². The molecule has 0 radical (unpaired) electrons. The highest BCUT2D eigenvalue weighted by molar-refractivity contribution is 6.29. The number of hydrogen-bond donors (Lipinski definition) is 2. The first-order valence-corrected chi connectivity index (χ1v) is 4.73. The topological polar surface area (TPSA) is 96.5 Å². The van der Waals surface area contributed by atoms with Crippen LogP contribution in [0.25, 0.3) is 0 Å². The standard InChI is InChI=1S/C8H7ClN6O/c9-6-2-10-1-5(14-6)8(16)11-3-7-12-4-13-15-7/h1-2,4H,3H2,(H,11,16)(H,12,13,15). The van der Waals surface area contributed by atoms with Crippen LogP contribution in [0.1, 0.15) is 16.3 Å². The van der Waals surface area contributed by atoms with Crippen molar-refractivity contribution in [1.29, 1.82) is 0 Å². The molecular weight excluding hydrogens is 232 g/mol. The van der Waals surface area contributed by atoms with Crippen molar-refractivity contribution in [3.05, 3.63) is 35.4 Å². The third-order valence-electron chi connectivity index (χ3n) is 1.72. The van der Waals surface area contributed by atoms with E-state index in [2.05, 4.69) is 30.5 Å². The third kappa shape index (κ3) is 2.51. The van der Waals surface area contributed by atoms with Crippen molar-refractivity contribution in [3.63, 3.8) is 0 Å². The highest BCUT2D eigenvalue weighted by Gasteiger charge is 2.08. The van der Waals surface area contributed by atoms with Crippen molar-refractivity contribution in [3.8, 4) is 0 Å². The van der Waals surface area contributed by atoms with Crippen molar-refractivity contribution < 1.29 is 4.79 Å². The first-order valence-electron chi connectivity index (χ1n) is 4.35. The number of rotatable bonds is 3. The molecule has 7 nitrogen and oxygen atoms in total. The van der Waals surface area contributed by atoms with E-state index >= 15 is 0 Å². The van der Waals surface area contributed by atoms with Gasteiger partial charge in [0, 0.05) is 0 Å². The number of halogens is 1. The smallest absolute Gasteiger partial charge is 0.271 e. The Balaban J connectivity index is 1.98. The lowest BCUT2D eigenvalue weighted by atomic mass is 10.4. The van der Waals surface area contributed by atoms with E-state index < -0.39 is 0 Å². The van der Waals surface area contributed by atoms with Gasteiger partial charge in [0.05, 0.1) is 18.9 Å². The van der Waals surface area contributed by atoms with E-state index in [1.807, 2.05) is 0 Å². The minimum atomic E-state index is -0.369. The highest BCUT2D eigenvalue weighted by atomic mass is 35.5. The summed E-state index contributed by atoms with van der Waals surface area (Å²) in [6.45, 7) is 0.243. The fourth-order valence-electron chi connectivity index (χ4n) is 1.02. The molecule has 82 valence electrons. The number of carbonyl (C=O) groups is 1. The lowest BCUT2D eigenvalue weighted by Gasteiger charge is -2.01. The predicted molar refractivity (Wildman–Crippen MR) is 54.6 cm³/mol. The van der Waals surface area contributed by atoms with Gasteiger partial charge in [-0.2, -0.15) is 5.10 Å². The van der Waals surface area contributed by atoms with E-state index in [1.165, 1.54) is 18.7 Å². The van der Waals surface area contributed by atoms with Crippen LogP contribution in [-0.4, -0.2) is 31.1 Å². The molecule has 2 heterocycles. The Morgan fingerprint density at radius 1 is 1.50 bits per heavy atom. The van der Waals surface area contributed by atoms with Crippen molar-refractivity contribution in [2.24, 2.45) is 0 Å². The molecule has 2 N–H and O–H groups in total. The fraction of sp³-hybridized carbons (Fsp3) is 0.125. The van der Waals surface area contributed by atoms with E-state index in [0.717, 1.165) is 0 Å². The number of aromatic amines is 1. The molecule has 2 aromatic heterocycles. The quantitative estimate of drug-likeness (QED) is 0.795. The van der Waals surface area contributed by atoms with E-state index in [9.17, 15) is 4.79 Å². The Morgan fingerprint density at radius 2 is 2.38 bits per heavy atom. The molecule has 0 atom stereocenters. The molecule has 0 unspecified atom stereocenters. The number of nitrogens with one attached hydrogen (secondary N) is 2. The number of aromatic nitrogens is 5. The zero-order chi connectivity index (χ0) is 11.4. The van der Waals surface area contributed by atoms with E-state index in [4.69, 9.17) is 11.6 Å². The molecule has 2 aromatic rings. The Hall–Kier alpha value is -2.02. The van der Waals surface area contributed by atoms with Gasteiger partial charge in [-0.15, -0.1) is 0 Å². The summed E-state index contributed by atoms with van der Waals surface area (Å²) >= 11 is 5.61. The van der Waals surface area contributed by atoms with Gasteiger partial charge in [-0.3, -0.25) is 14.9 Å². The van der Waals surface area contributed by atoms with Gasteiger partial charge in [0.2, 0.25) is 0 Å². The van der Waals surface area contributed by atoms with Gasteiger partial charge in [-0.05, 0) is 0 Å². The Bertz CT molecular complexity index is 485. The lowest BCUT2D eigenvalue weighted by Crippen LogP contribution is -2.24. The van der Waals surface area contributed by atoms with Crippen LogP contribution >= 0.6 is 11.6 Å². The normalized spacial score (nSPS) is 10.1. The van der Waals surface area contributed by atoms with Crippen molar-refractivity contribution >= 4 is 17.5 Å². The molecule has 0 aliphatic rings. The predicted octanol–water partition coefficient (Wildman–Crippen LogP) is 0.178. The van der Waals surface area contributed by atoms with Crippen LogP contribution in [0.2, 0.25) is 5.15 Å². The monoisotopic (exact) mass is 238 g/mol. The van der Waals surface area contributed by atoms with Gasteiger partial charge in [-0.1, -0.05) is 11.6 Å². The Morgan fingerprint density at radius 3 is 3.06 bits per heavy atom. The first-order chi connectivity index (χ1) is 7.75. The second kappa shape index (κ2) is 4.67. The zero-order valence-electron chi connectivity index (χ0n) is 8.01. The minimum Gasteiger partial charge on any atom is -0.343 e. The molecule has 0 saturated carbocycles. The Kier molecular flexibility index (Phi) is 3.06. The number of carbonyl (C=O) groups excluding carboxylic acids is 1. The number of hydrogen-bond acceptors (Lipinski definition) is 5. The highest BCUT2D eigenvalue weighted by Crippen LogP contribution is 2.02. The zero-order valence-corrected chi connectivity index (χ0v) is 8.77. The van der Waals surface area contributed by atoms with Gasteiger partial charge in [0.15, 0.2) is 0 Å². The summed E-state index contributed by atoms with van der Waals surface area (Å²) in [4.78, 5) is 23.0. The molecule has 1 amide bonds. The summed E-state index contributed by atoms with van der Waals surface area (Å²) in [5.74, 6) is 0.190. The number of nitrogens with zero attached hydrogens (tertiary/aromatic N) is 4. The fourth-order valence-corrected chi connectivity index (χ4v) is 1.17. The molecule has 0 aromatic carbocycles. The largest absolute Gasteiger partial charge is 0.343 e. The van der Waals surface area contributed by atoms with Crippen LogP contribution in [0.15, 0.2) is 18.7 Å². The van der Waals surface area contributed by atoms with Gasteiger partial charge >= 0.3 is 0 Å². The second-order valence-corrected chi connectivity index (χ2v) is 3.23. The second-order valence-electron chi connectivity index (χ2n) is 2.84. The summed E-state index contributed by atoms with van der Waals surface area (Å²) in [6.07, 6.45) is 4.05. The van der Waals surface area contributed by atoms with E-state index in [-0.39, 0.29) is 23.3 Å². The van der Waals surface area contributed by atoms with Crippen LogP contribution in [0.3, 0.4) is 0 Å². The first kappa shape index (κ1) is 10.5. The molecule has 8 heteroatoms. The Labute approximate surface area is 95.3 Å².